The molecule has 0 aliphatic carbocycles. The third kappa shape index (κ3) is 5.54. The number of ether oxygens (including phenoxy) is 2. The highest BCUT2D eigenvalue weighted by molar-refractivity contribution is 5.89. The average molecular weight is 296 g/mol. The average Bonchev–Trinajstić information content (AvgIpc) is 2.58. The molecule has 0 aliphatic heterocycles. The van der Waals surface area contributed by atoms with Gasteiger partial charge in [-0.25, -0.2) is 4.79 Å². The highest BCUT2D eigenvalue weighted by Crippen LogP contribution is 2.04. The highest BCUT2D eigenvalue weighted by Gasteiger charge is 2.04. The Morgan fingerprint density at radius 1 is 1.05 bits per heavy atom. The van der Waals surface area contributed by atoms with Gasteiger partial charge in [0.15, 0.2) is 0 Å². The van der Waals surface area contributed by atoms with E-state index >= 15 is 0 Å². The zero-order chi connectivity index (χ0) is 15.6. The van der Waals surface area contributed by atoms with Crippen molar-refractivity contribution in [3.05, 3.63) is 83.9 Å². The zero-order valence-corrected chi connectivity index (χ0v) is 12.6. The molecule has 0 saturated carbocycles. The molecule has 22 heavy (non-hydrogen) atoms. The van der Waals surface area contributed by atoms with Crippen LogP contribution >= 0.6 is 0 Å². The second kappa shape index (κ2) is 8.80. The van der Waals surface area contributed by atoms with Gasteiger partial charge < -0.3 is 9.47 Å². The molecular weight excluding hydrogens is 276 g/mol. The van der Waals surface area contributed by atoms with Crippen LogP contribution in [0.25, 0.3) is 0 Å². The van der Waals surface area contributed by atoms with Gasteiger partial charge in [-0.05, 0) is 30.7 Å². The topological polar surface area (TPSA) is 35.5 Å². The molecule has 0 amide bonds. The Morgan fingerprint density at radius 3 is 2.36 bits per heavy atom. The lowest BCUT2D eigenvalue weighted by Gasteiger charge is -2.09. The summed E-state index contributed by atoms with van der Waals surface area (Å²) in [5.74, 6) is -0.317. The molecule has 1 atom stereocenters. The number of rotatable bonds is 7. The molecule has 0 heterocycles. The van der Waals surface area contributed by atoms with E-state index < -0.39 is 0 Å². The van der Waals surface area contributed by atoms with E-state index in [1.165, 1.54) is 0 Å². The molecule has 2 aromatic rings. The normalized spacial score (nSPS) is 12.2. The van der Waals surface area contributed by atoms with Gasteiger partial charge >= 0.3 is 5.97 Å². The van der Waals surface area contributed by atoms with Gasteiger partial charge in [0, 0.05) is 0 Å². The van der Waals surface area contributed by atoms with Gasteiger partial charge in [0.1, 0.15) is 6.61 Å². The Hall–Kier alpha value is -2.39. The maximum Gasteiger partial charge on any atom is 0.338 e. The maximum atomic E-state index is 11.7. The minimum absolute atomic E-state index is 0.0318. The fourth-order valence-electron chi connectivity index (χ4n) is 1.89. The van der Waals surface area contributed by atoms with Crippen LogP contribution in [0.1, 0.15) is 22.8 Å². The number of carbonyl (C=O) groups is 1. The number of hydrogen-bond donors (Lipinski definition) is 0. The lowest BCUT2D eigenvalue weighted by atomic mass is 10.2. The van der Waals surface area contributed by atoms with Gasteiger partial charge in [0.25, 0.3) is 0 Å². The van der Waals surface area contributed by atoms with E-state index in [0.717, 1.165) is 5.56 Å². The van der Waals surface area contributed by atoms with Crippen molar-refractivity contribution in [3.63, 3.8) is 0 Å². The van der Waals surface area contributed by atoms with E-state index in [9.17, 15) is 4.79 Å². The summed E-state index contributed by atoms with van der Waals surface area (Å²) >= 11 is 0. The molecule has 0 bridgehead atoms. The van der Waals surface area contributed by atoms with Crippen LogP contribution in [0.2, 0.25) is 0 Å². The molecular formula is C19H20O3. The van der Waals surface area contributed by atoms with Crippen molar-refractivity contribution < 1.29 is 14.3 Å². The molecule has 0 fully saturated rings. The summed E-state index contributed by atoms with van der Waals surface area (Å²) in [7, 11) is 0. The van der Waals surface area contributed by atoms with E-state index in [1.54, 1.807) is 18.2 Å². The second-order valence-electron chi connectivity index (χ2n) is 4.89. The molecule has 114 valence electrons. The Bertz CT molecular complexity index is 591. The van der Waals surface area contributed by atoms with Gasteiger partial charge in [-0.2, -0.15) is 0 Å². The molecule has 2 rings (SSSR count). The maximum absolute atomic E-state index is 11.7. The van der Waals surface area contributed by atoms with Gasteiger partial charge in [-0.1, -0.05) is 54.6 Å². The molecule has 0 aromatic heterocycles. The minimum Gasteiger partial charge on any atom is -0.458 e. The molecule has 0 unspecified atom stereocenters. The van der Waals surface area contributed by atoms with E-state index in [-0.39, 0.29) is 18.7 Å². The molecule has 0 radical (unpaired) electrons. The molecule has 0 spiro atoms. The smallest absolute Gasteiger partial charge is 0.338 e. The molecule has 2 aromatic carbocycles. The first-order valence-corrected chi connectivity index (χ1v) is 7.30. The Kier molecular flexibility index (Phi) is 6.39. The largest absolute Gasteiger partial charge is 0.458 e. The summed E-state index contributed by atoms with van der Waals surface area (Å²) in [6.07, 6.45) is 3.66. The van der Waals surface area contributed by atoms with Crippen LogP contribution in [0.5, 0.6) is 0 Å². The van der Waals surface area contributed by atoms with Crippen molar-refractivity contribution in [1.82, 2.24) is 0 Å². The van der Waals surface area contributed by atoms with Gasteiger partial charge in [0.2, 0.25) is 0 Å². The fraction of sp³-hybridized carbons (Fsp3) is 0.211. The fourth-order valence-corrected chi connectivity index (χ4v) is 1.89. The number of hydrogen-bond acceptors (Lipinski definition) is 3. The van der Waals surface area contributed by atoms with Crippen molar-refractivity contribution in [2.45, 2.75) is 19.6 Å². The van der Waals surface area contributed by atoms with E-state index in [4.69, 9.17) is 9.47 Å². The lowest BCUT2D eigenvalue weighted by Crippen LogP contribution is -2.07. The van der Waals surface area contributed by atoms with E-state index in [2.05, 4.69) is 0 Å². The SMILES string of the molecule is C[C@H](/C=C/COC(=O)c1ccccc1)OCc1ccccc1. The summed E-state index contributed by atoms with van der Waals surface area (Å²) in [6, 6.07) is 19.0. The van der Waals surface area contributed by atoms with Crippen molar-refractivity contribution in [3.8, 4) is 0 Å². The van der Waals surface area contributed by atoms with Gasteiger partial charge in [0.05, 0.1) is 18.3 Å². The summed E-state index contributed by atoms with van der Waals surface area (Å²) in [4.78, 5) is 11.7. The van der Waals surface area contributed by atoms with Crippen molar-refractivity contribution in [2.24, 2.45) is 0 Å². The van der Waals surface area contributed by atoms with Crippen LogP contribution in [0.3, 0.4) is 0 Å². The third-order valence-electron chi connectivity index (χ3n) is 3.08. The van der Waals surface area contributed by atoms with Crippen LogP contribution in [0, 0.1) is 0 Å². The van der Waals surface area contributed by atoms with Gasteiger partial charge in [-0.3, -0.25) is 0 Å². The van der Waals surface area contributed by atoms with E-state index in [1.807, 2.05) is 61.5 Å². The number of benzene rings is 2. The van der Waals surface area contributed by atoms with Crippen molar-refractivity contribution in [1.29, 1.82) is 0 Å². The molecule has 0 aliphatic rings. The van der Waals surface area contributed by atoms with Crippen molar-refractivity contribution in [2.75, 3.05) is 6.61 Å². The van der Waals surface area contributed by atoms with E-state index in [0.29, 0.717) is 12.2 Å². The van der Waals surface area contributed by atoms with Crippen LogP contribution < -0.4 is 0 Å². The zero-order valence-electron chi connectivity index (χ0n) is 12.6. The Morgan fingerprint density at radius 2 is 1.68 bits per heavy atom. The first-order chi connectivity index (χ1) is 10.8. The predicted octanol–water partition coefficient (Wildman–Crippen LogP) is 4.00. The summed E-state index contributed by atoms with van der Waals surface area (Å²) in [6.45, 7) is 2.77. The van der Waals surface area contributed by atoms with Crippen LogP contribution in [0.4, 0.5) is 0 Å². The van der Waals surface area contributed by atoms with Gasteiger partial charge in [-0.15, -0.1) is 0 Å². The first kappa shape index (κ1) is 16.0. The standard InChI is InChI=1S/C19H20O3/c1-16(22-15-17-10-4-2-5-11-17)9-8-14-21-19(20)18-12-6-3-7-13-18/h2-13,16H,14-15H2,1H3/b9-8+/t16-/m1/s1. The number of esters is 1. The summed E-state index contributed by atoms with van der Waals surface area (Å²) in [5.41, 5.74) is 1.70. The Balaban J connectivity index is 1.68. The minimum atomic E-state index is -0.317. The monoisotopic (exact) mass is 296 g/mol. The summed E-state index contributed by atoms with van der Waals surface area (Å²) < 4.78 is 10.9. The Labute approximate surface area is 131 Å². The van der Waals surface area contributed by atoms with Crippen LogP contribution in [-0.2, 0) is 16.1 Å². The third-order valence-corrected chi connectivity index (χ3v) is 3.08. The molecule has 3 nitrogen and oxygen atoms in total. The van der Waals surface area contributed by atoms with Crippen molar-refractivity contribution >= 4 is 5.97 Å². The lowest BCUT2D eigenvalue weighted by molar-refractivity contribution is 0.0544. The number of carbonyl (C=O) groups excluding carboxylic acids is 1. The second-order valence-corrected chi connectivity index (χ2v) is 4.89. The highest BCUT2D eigenvalue weighted by atomic mass is 16.5. The quantitative estimate of drug-likeness (QED) is 0.572. The predicted molar refractivity (Wildman–Crippen MR) is 86.6 cm³/mol. The molecule has 0 N–H and O–H groups in total. The first-order valence-electron chi connectivity index (χ1n) is 7.30. The van der Waals surface area contributed by atoms with Crippen LogP contribution in [-0.4, -0.2) is 18.7 Å². The molecule has 0 saturated heterocycles. The summed E-state index contributed by atoms with van der Waals surface area (Å²) in [5, 5.41) is 0. The molecule has 3 heteroatoms. The van der Waals surface area contributed by atoms with Crippen LogP contribution in [0.15, 0.2) is 72.8 Å².